The van der Waals surface area contributed by atoms with E-state index < -0.39 is 12.1 Å². The number of nitrogen functional groups attached to an aromatic ring is 1. The van der Waals surface area contributed by atoms with Crippen LogP contribution in [0.3, 0.4) is 0 Å². The number of anilines is 1. The van der Waals surface area contributed by atoms with E-state index in [1.165, 1.54) is 27.7 Å². The number of carboxylic acid groups (broad SMARTS) is 1. The Balaban J connectivity index is 2.59. The van der Waals surface area contributed by atoms with Crippen molar-refractivity contribution in [2.45, 2.75) is 30.4 Å². The monoisotopic (exact) mass is 344 g/mol. The van der Waals surface area contributed by atoms with Crippen molar-refractivity contribution < 1.29 is 19.4 Å². The molecule has 0 aliphatic heterocycles. The zero-order valence-electron chi connectivity index (χ0n) is 12.7. The molecule has 1 rings (SSSR count). The van der Waals surface area contributed by atoms with Gasteiger partial charge >= 0.3 is 12.1 Å². The molecule has 0 atom stereocenters. The van der Waals surface area contributed by atoms with Crippen molar-refractivity contribution in [2.24, 2.45) is 0 Å². The Morgan fingerprint density at radius 3 is 2.68 bits per heavy atom. The van der Waals surface area contributed by atoms with Gasteiger partial charge in [0.25, 0.3) is 0 Å². The summed E-state index contributed by atoms with van der Waals surface area (Å²) in [4.78, 5) is 23.1. The summed E-state index contributed by atoms with van der Waals surface area (Å²) in [6, 6.07) is 4.88. The predicted octanol–water partition coefficient (Wildman–Crippen LogP) is 3.23. The molecule has 1 aromatic rings. The van der Waals surface area contributed by atoms with Crippen molar-refractivity contribution in [3.05, 3.63) is 23.8 Å². The summed E-state index contributed by atoms with van der Waals surface area (Å²) in [5, 5.41) is 11.6. The predicted molar refractivity (Wildman–Crippen MR) is 90.4 cm³/mol. The van der Waals surface area contributed by atoms with Crippen molar-refractivity contribution in [1.29, 1.82) is 0 Å². The van der Waals surface area contributed by atoms with Gasteiger partial charge in [0.15, 0.2) is 0 Å². The van der Waals surface area contributed by atoms with E-state index in [1.54, 1.807) is 12.1 Å². The van der Waals surface area contributed by atoms with Crippen LogP contribution in [0.5, 0.6) is 0 Å². The SMILES string of the molecule is CCNC(=O)OCC(C)(C)SSc1ccc(N)c(C(=O)O)c1. The van der Waals surface area contributed by atoms with Crippen LogP contribution in [0.2, 0.25) is 0 Å². The number of rotatable bonds is 7. The summed E-state index contributed by atoms with van der Waals surface area (Å²) in [7, 11) is 2.91. The second-order valence-corrected chi connectivity index (χ2v) is 8.00. The zero-order valence-corrected chi connectivity index (χ0v) is 14.3. The lowest BCUT2D eigenvalue weighted by molar-refractivity contribution is 0.0697. The van der Waals surface area contributed by atoms with Gasteiger partial charge in [0.05, 0.1) is 10.3 Å². The fourth-order valence-electron chi connectivity index (χ4n) is 1.39. The maximum atomic E-state index is 11.3. The van der Waals surface area contributed by atoms with Crippen LogP contribution in [0.1, 0.15) is 31.1 Å². The average Bonchev–Trinajstić information content (AvgIpc) is 2.44. The molecule has 0 spiro atoms. The first kappa shape index (κ1) is 18.5. The molecule has 0 fully saturated rings. The highest BCUT2D eigenvalue weighted by Gasteiger charge is 2.22. The molecular formula is C14H20N2O4S2. The summed E-state index contributed by atoms with van der Waals surface area (Å²) in [6.45, 7) is 6.47. The second-order valence-electron chi connectivity index (χ2n) is 5.09. The average molecular weight is 344 g/mol. The molecule has 0 unspecified atom stereocenters. The van der Waals surface area contributed by atoms with Crippen molar-refractivity contribution >= 4 is 39.3 Å². The largest absolute Gasteiger partial charge is 0.478 e. The zero-order chi connectivity index (χ0) is 16.8. The van der Waals surface area contributed by atoms with Crippen LogP contribution in [0, 0.1) is 0 Å². The molecule has 0 bridgehead atoms. The van der Waals surface area contributed by atoms with E-state index in [2.05, 4.69) is 5.32 Å². The number of nitrogens with one attached hydrogen (secondary N) is 1. The van der Waals surface area contributed by atoms with Crippen LogP contribution in [-0.2, 0) is 4.74 Å². The Labute approximate surface area is 137 Å². The number of carboxylic acids is 1. The highest BCUT2D eigenvalue weighted by molar-refractivity contribution is 8.77. The lowest BCUT2D eigenvalue weighted by Gasteiger charge is -2.22. The number of hydrogen-bond donors (Lipinski definition) is 3. The lowest BCUT2D eigenvalue weighted by atomic mass is 10.2. The molecule has 6 nitrogen and oxygen atoms in total. The summed E-state index contributed by atoms with van der Waals surface area (Å²) in [5.74, 6) is -1.05. The summed E-state index contributed by atoms with van der Waals surface area (Å²) in [6.07, 6.45) is -0.443. The molecule has 0 aliphatic carbocycles. The second kappa shape index (κ2) is 8.19. The van der Waals surface area contributed by atoms with Gasteiger partial charge < -0.3 is 20.9 Å². The van der Waals surface area contributed by atoms with Crippen molar-refractivity contribution in [3.63, 3.8) is 0 Å². The minimum absolute atomic E-state index is 0.0852. The molecule has 0 heterocycles. The number of carbonyl (C=O) groups excluding carboxylic acids is 1. The van der Waals surface area contributed by atoms with Gasteiger partial charge in [-0.25, -0.2) is 9.59 Å². The molecule has 0 aliphatic rings. The Morgan fingerprint density at radius 2 is 2.09 bits per heavy atom. The molecule has 122 valence electrons. The molecular weight excluding hydrogens is 324 g/mol. The Morgan fingerprint density at radius 1 is 1.41 bits per heavy atom. The first-order valence-electron chi connectivity index (χ1n) is 6.64. The van der Waals surface area contributed by atoms with E-state index in [0.29, 0.717) is 6.54 Å². The third-order valence-electron chi connectivity index (χ3n) is 2.49. The molecule has 0 saturated heterocycles. The van der Waals surface area contributed by atoms with E-state index >= 15 is 0 Å². The van der Waals surface area contributed by atoms with Gasteiger partial charge in [-0.1, -0.05) is 21.6 Å². The van der Waals surface area contributed by atoms with Gasteiger partial charge in [-0.15, -0.1) is 0 Å². The van der Waals surface area contributed by atoms with Gasteiger partial charge in [0.2, 0.25) is 0 Å². The van der Waals surface area contributed by atoms with E-state index in [-0.39, 0.29) is 22.6 Å². The van der Waals surface area contributed by atoms with Crippen LogP contribution in [-0.4, -0.2) is 35.1 Å². The number of amides is 1. The Hall–Kier alpha value is -1.54. The molecule has 0 saturated carbocycles. The maximum Gasteiger partial charge on any atom is 0.407 e. The van der Waals surface area contributed by atoms with Gasteiger partial charge in [-0.05, 0) is 39.0 Å². The Bertz CT molecular complexity index is 550. The standard InChI is InChI=1S/C14H20N2O4S2/c1-4-16-13(19)20-8-14(2,3)22-21-9-5-6-11(15)10(7-9)12(17)18/h5-7H,4,8,15H2,1-3H3,(H,16,19)(H,17,18). The molecule has 0 aromatic heterocycles. The minimum atomic E-state index is -1.05. The fourth-order valence-corrected chi connectivity index (χ4v) is 3.53. The van der Waals surface area contributed by atoms with Crippen molar-refractivity contribution in [2.75, 3.05) is 18.9 Å². The first-order chi connectivity index (χ1) is 10.2. The topological polar surface area (TPSA) is 102 Å². The summed E-state index contributed by atoms with van der Waals surface area (Å²) < 4.78 is 4.80. The van der Waals surface area contributed by atoms with Crippen molar-refractivity contribution in [3.8, 4) is 0 Å². The number of ether oxygens (including phenoxy) is 1. The number of alkyl carbamates (subject to hydrolysis) is 1. The van der Waals surface area contributed by atoms with Crippen LogP contribution < -0.4 is 11.1 Å². The number of hydrogen-bond acceptors (Lipinski definition) is 6. The third kappa shape index (κ3) is 6.07. The van der Waals surface area contributed by atoms with E-state index in [0.717, 1.165) is 4.90 Å². The van der Waals surface area contributed by atoms with Crippen LogP contribution in [0.4, 0.5) is 10.5 Å². The number of carbonyl (C=O) groups is 2. The van der Waals surface area contributed by atoms with Gasteiger partial charge in [0, 0.05) is 17.1 Å². The van der Waals surface area contributed by atoms with E-state index in [1.807, 2.05) is 20.8 Å². The summed E-state index contributed by atoms with van der Waals surface area (Å²) >= 11 is 0. The maximum absolute atomic E-state index is 11.3. The molecule has 4 N–H and O–H groups in total. The lowest BCUT2D eigenvalue weighted by Crippen LogP contribution is -2.30. The van der Waals surface area contributed by atoms with Crippen LogP contribution >= 0.6 is 21.6 Å². The number of nitrogens with two attached hydrogens (primary N) is 1. The quantitative estimate of drug-likeness (QED) is 0.515. The molecule has 0 radical (unpaired) electrons. The number of benzene rings is 1. The molecule has 1 amide bonds. The molecule has 8 heteroatoms. The molecule has 1 aromatic carbocycles. The third-order valence-corrected chi connectivity index (χ3v) is 5.77. The number of aromatic carboxylic acids is 1. The molecule has 22 heavy (non-hydrogen) atoms. The first-order valence-corrected chi connectivity index (χ1v) is 8.79. The van der Waals surface area contributed by atoms with Crippen LogP contribution in [0.25, 0.3) is 0 Å². The minimum Gasteiger partial charge on any atom is -0.478 e. The van der Waals surface area contributed by atoms with Gasteiger partial charge in [-0.3, -0.25) is 0 Å². The highest BCUT2D eigenvalue weighted by Crippen LogP contribution is 2.41. The van der Waals surface area contributed by atoms with Gasteiger partial charge in [0.1, 0.15) is 6.61 Å². The smallest absolute Gasteiger partial charge is 0.407 e. The summed E-state index contributed by atoms with van der Waals surface area (Å²) in [5.41, 5.74) is 5.94. The van der Waals surface area contributed by atoms with Crippen molar-refractivity contribution in [1.82, 2.24) is 5.32 Å². The fraction of sp³-hybridized carbons (Fsp3) is 0.429. The van der Waals surface area contributed by atoms with Gasteiger partial charge in [-0.2, -0.15) is 0 Å². The van der Waals surface area contributed by atoms with E-state index in [4.69, 9.17) is 15.6 Å². The normalized spacial score (nSPS) is 11.0. The van der Waals surface area contributed by atoms with E-state index in [9.17, 15) is 9.59 Å². The van der Waals surface area contributed by atoms with Crippen LogP contribution in [0.15, 0.2) is 23.1 Å². The highest BCUT2D eigenvalue weighted by atomic mass is 33.1. The Kier molecular flexibility index (Phi) is 6.89.